The maximum atomic E-state index is 13.0. The van der Waals surface area contributed by atoms with Crippen molar-refractivity contribution in [1.29, 1.82) is 0 Å². The van der Waals surface area contributed by atoms with E-state index in [9.17, 15) is 4.79 Å². The third-order valence-corrected chi connectivity index (χ3v) is 5.27. The normalized spacial score (nSPS) is 20.3. The first kappa shape index (κ1) is 17.2. The molecule has 5 nitrogen and oxygen atoms in total. The number of fused-ring (bicyclic) bond motifs is 1. The van der Waals surface area contributed by atoms with Crippen LogP contribution in [0.15, 0.2) is 65.4 Å². The molecule has 2 aromatic carbocycles. The van der Waals surface area contributed by atoms with Gasteiger partial charge in [0.05, 0.1) is 36.2 Å². The predicted molar refractivity (Wildman–Crippen MR) is 112 cm³/mol. The number of hydrogen-bond donors (Lipinski definition) is 0. The zero-order valence-electron chi connectivity index (χ0n) is 15.3. The number of hydrogen-bond acceptors (Lipinski definition) is 3. The number of rotatable bonds is 4. The van der Waals surface area contributed by atoms with Crippen molar-refractivity contribution in [2.45, 2.75) is 19.6 Å². The van der Waals surface area contributed by atoms with E-state index in [2.05, 4.69) is 28.0 Å². The third kappa shape index (κ3) is 3.03. The van der Waals surface area contributed by atoms with Crippen molar-refractivity contribution in [3.05, 3.63) is 70.9 Å². The van der Waals surface area contributed by atoms with Gasteiger partial charge in [-0.1, -0.05) is 35.9 Å². The van der Waals surface area contributed by atoms with Gasteiger partial charge in [0.15, 0.2) is 0 Å². The standard InChI is InChI=1S/C22H18ClN3O2/c1-14-20(22(27)26(24-14)17-6-4-5-16(23)10-17)9-15-11-25(12-18-13-28-18)21-8-3-2-7-19(15)21/h2-11,18H,12-13H2,1H3/b20-9-. The molecule has 5 rings (SSSR count). The van der Waals surface area contributed by atoms with E-state index in [1.54, 1.807) is 12.1 Å². The Labute approximate surface area is 167 Å². The summed E-state index contributed by atoms with van der Waals surface area (Å²) in [6.07, 6.45) is 4.30. The van der Waals surface area contributed by atoms with Crippen LogP contribution in [0.4, 0.5) is 5.69 Å². The molecule has 0 bridgehead atoms. The van der Waals surface area contributed by atoms with Crippen molar-refractivity contribution >= 4 is 45.9 Å². The van der Waals surface area contributed by atoms with Gasteiger partial charge in [-0.2, -0.15) is 10.1 Å². The second kappa shape index (κ2) is 6.62. The van der Waals surface area contributed by atoms with Gasteiger partial charge < -0.3 is 9.30 Å². The molecule has 3 aromatic rings. The quantitative estimate of drug-likeness (QED) is 0.485. The molecule has 6 heteroatoms. The molecule has 0 aliphatic carbocycles. The van der Waals surface area contributed by atoms with Crippen molar-refractivity contribution < 1.29 is 9.53 Å². The molecule has 1 atom stereocenters. The Morgan fingerprint density at radius 2 is 2.07 bits per heavy atom. The minimum Gasteiger partial charge on any atom is -0.371 e. The fourth-order valence-electron chi connectivity index (χ4n) is 3.56. The average molecular weight is 392 g/mol. The molecule has 1 saturated heterocycles. The monoisotopic (exact) mass is 391 g/mol. The van der Waals surface area contributed by atoms with E-state index in [0.717, 1.165) is 29.6 Å². The van der Waals surface area contributed by atoms with E-state index in [1.807, 2.05) is 37.3 Å². The van der Waals surface area contributed by atoms with Crippen molar-refractivity contribution in [3.8, 4) is 0 Å². The third-order valence-electron chi connectivity index (χ3n) is 5.04. The number of epoxide rings is 1. The lowest BCUT2D eigenvalue weighted by Gasteiger charge is -2.11. The van der Waals surface area contributed by atoms with Gasteiger partial charge in [0.2, 0.25) is 0 Å². The number of ether oxygens (including phenoxy) is 1. The van der Waals surface area contributed by atoms with Crippen LogP contribution in [0.5, 0.6) is 0 Å². The number of benzene rings is 2. The summed E-state index contributed by atoms with van der Waals surface area (Å²) in [5.41, 5.74) is 4.07. The summed E-state index contributed by atoms with van der Waals surface area (Å²) in [6.45, 7) is 3.48. The molecule has 0 spiro atoms. The van der Waals surface area contributed by atoms with Crippen LogP contribution in [0, 0.1) is 0 Å². The Hall–Kier alpha value is -2.89. The van der Waals surface area contributed by atoms with Gasteiger partial charge in [-0.25, -0.2) is 0 Å². The largest absolute Gasteiger partial charge is 0.371 e. The predicted octanol–water partition coefficient (Wildman–Crippen LogP) is 4.50. The van der Waals surface area contributed by atoms with Gasteiger partial charge in [0.1, 0.15) is 0 Å². The van der Waals surface area contributed by atoms with Gasteiger partial charge in [0.25, 0.3) is 5.91 Å². The second-order valence-electron chi connectivity index (χ2n) is 7.05. The summed E-state index contributed by atoms with van der Waals surface area (Å²) in [7, 11) is 0. The Kier molecular flexibility index (Phi) is 4.07. The molecule has 1 unspecified atom stereocenters. The fourth-order valence-corrected chi connectivity index (χ4v) is 3.74. The first-order chi connectivity index (χ1) is 13.6. The van der Waals surface area contributed by atoms with Crippen molar-refractivity contribution in [2.75, 3.05) is 11.6 Å². The summed E-state index contributed by atoms with van der Waals surface area (Å²) in [6, 6.07) is 15.4. The molecular weight excluding hydrogens is 374 g/mol. The van der Waals surface area contributed by atoms with Crippen LogP contribution in [-0.4, -0.2) is 28.9 Å². The van der Waals surface area contributed by atoms with Crippen LogP contribution in [0.3, 0.4) is 0 Å². The zero-order chi connectivity index (χ0) is 19.3. The number of carbonyl (C=O) groups is 1. The Bertz CT molecular complexity index is 1160. The minimum atomic E-state index is -0.151. The number of para-hydroxylation sites is 1. The molecule has 28 heavy (non-hydrogen) atoms. The summed E-state index contributed by atoms with van der Waals surface area (Å²) >= 11 is 6.07. The number of aromatic nitrogens is 1. The van der Waals surface area contributed by atoms with Crippen molar-refractivity contribution in [3.63, 3.8) is 0 Å². The molecular formula is C22H18ClN3O2. The van der Waals surface area contributed by atoms with E-state index >= 15 is 0 Å². The van der Waals surface area contributed by atoms with Crippen LogP contribution < -0.4 is 5.01 Å². The van der Waals surface area contributed by atoms with E-state index < -0.39 is 0 Å². The van der Waals surface area contributed by atoms with Gasteiger partial charge in [-0.05, 0) is 37.3 Å². The van der Waals surface area contributed by atoms with E-state index in [-0.39, 0.29) is 12.0 Å². The summed E-state index contributed by atoms with van der Waals surface area (Å²) in [4.78, 5) is 13.0. The number of nitrogens with zero attached hydrogens (tertiary/aromatic N) is 3. The topological polar surface area (TPSA) is 50.1 Å². The number of halogens is 1. The molecule has 2 aliphatic rings. The summed E-state index contributed by atoms with van der Waals surface area (Å²) in [5, 5.41) is 7.54. The SMILES string of the molecule is CC1=NN(c2cccc(Cl)c2)C(=O)/C1=C\c1cn(CC2CO2)c2ccccc12. The first-order valence-electron chi connectivity index (χ1n) is 9.17. The number of anilines is 1. The molecule has 3 heterocycles. The van der Waals surface area contributed by atoms with Crippen LogP contribution in [0.25, 0.3) is 17.0 Å². The van der Waals surface area contributed by atoms with Gasteiger partial charge in [-0.3, -0.25) is 4.79 Å². The number of amides is 1. The summed E-state index contributed by atoms with van der Waals surface area (Å²) in [5.74, 6) is -0.151. The van der Waals surface area contributed by atoms with Crippen LogP contribution in [0.2, 0.25) is 5.02 Å². The molecule has 140 valence electrons. The maximum Gasteiger partial charge on any atom is 0.280 e. The van der Waals surface area contributed by atoms with E-state index in [1.165, 1.54) is 5.01 Å². The van der Waals surface area contributed by atoms with E-state index in [0.29, 0.717) is 22.0 Å². The number of carbonyl (C=O) groups excluding carboxylic acids is 1. The second-order valence-corrected chi connectivity index (χ2v) is 7.49. The van der Waals surface area contributed by atoms with Gasteiger partial charge >= 0.3 is 0 Å². The highest BCUT2D eigenvalue weighted by Crippen LogP contribution is 2.30. The molecule has 2 aliphatic heterocycles. The van der Waals surface area contributed by atoms with Crippen molar-refractivity contribution in [2.24, 2.45) is 5.10 Å². The highest BCUT2D eigenvalue weighted by Gasteiger charge is 2.29. The molecule has 0 N–H and O–H groups in total. The Morgan fingerprint density at radius 3 is 2.86 bits per heavy atom. The highest BCUT2D eigenvalue weighted by atomic mass is 35.5. The molecule has 1 aromatic heterocycles. The fraction of sp³-hybridized carbons (Fsp3) is 0.182. The molecule has 1 amide bonds. The van der Waals surface area contributed by atoms with Crippen LogP contribution >= 0.6 is 11.6 Å². The highest BCUT2D eigenvalue weighted by molar-refractivity contribution is 6.33. The average Bonchev–Trinajstić information content (AvgIpc) is 3.38. The van der Waals surface area contributed by atoms with Crippen molar-refractivity contribution in [1.82, 2.24) is 4.57 Å². The van der Waals surface area contributed by atoms with E-state index in [4.69, 9.17) is 16.3 Å². The zero-order valence-corrected chi connectivity index (χ0v) is 16.1. The summed E-state index contributed by atoms with van der Waals surface area (Å²) < 4.78 is 7.58. The lowest BCUT2D eigenvalue weighted by molar-refractivity contribution is -0.114. The Balaban J connectivity index is 1.54. The lowest BCUT2D eigenvalue weighted by atomic mass is 10.1. The van der Waals surface area contributed by atoms with Gasteiger partial charge in [-0.15, -0.1) is 0 Å². The van der Waals surface area contributed by atoms with Crippen LogP contribution in [-0.2, 0) is 16.1 Å². The minimum absolute atomic E-state index is 0.151. The molecule has 1 fully saturated rings. The first-order valence-corrected chi connectivity index (χ1v) is 9.55. The lowest BCUT2D eigenvalue weighted by Crippen LogP contribution is -2.21. The molecule has 0 radical (unpaired) electrons. The van der Waals surface area contributed by atoms with Crippen LogP contribution in [0.1, 0.15) is 12.5 Å². The maximum absolute atomic E-state index is 13.0. The van der Waals surface area contributed by atoms with Gasteiger partial charge in [0, 0.05) is 27.7 Å². The molecule has 0 saturated carbocycles. The smallest absolute Gasteiger partial charge is 0.280 e. The number of hydrazone groups is 1. The Morgan fingerprint density at radius 1 is 1.25 bits per heavy atom.